The van der Waals surface area contributed by atoms with Gasteiger partial charge in [0.1, 0.15) is 11.5 Å². The van der Waals surface area contributed by atoms with E-state index in [1.807, 2.05) is 56.3 Å². The minimum atomic E-state index is -0.0956. The smallest absolute Gasteiger partial charge is 0.122 e. The Morgan fingerprint density at radius 2 is 1.81 bits per heavy atom. The molecule has 0 amide bonds. The number of rotatable bonds is 4. The van der Waals surface area contributed by atoms with Crippen LogP contribution in [-0.2, 0) is 0 Å². The Hall–Kier alpha value is -1.67. The molecule has 2 nitrogen and oxygen atoms in total. The van der Waals surface area contributed by atoms with E-state index >= 15 is 0 Å². The zero-order chi connectivity index (χ0) is 14.8. The summed E-state index contributed by atoms with van der Waals surface area (Å²) in [5.74, 6) is 2.02. The predicted molar refractivity (Wildman–Crippen MR) is 85.5 cm³/mol. The second-order valence-corrected chi connectivity index (χ2v) is 6.06. The normalized spacial score (nSPS) is 18.2. The Labute approximate surface area is 130 Å². The fourth-order valence-electron chi connectivity index (χ4n) is 2.66. The highest BCUT2D eigenvalue weighted by molar-refractivity contribution is 6.21. The van der Waals surface area contributed by atoms with Crippen molar-refractivity contribution in [2.24, 2.45) is 0 Å². The number of halogens is 1. The summed E-state index contributed by atoms with van der Waals surface area (Å²) in [7, 11) is 0. The first-order valence-electron chi connectivity index (χ1n) is 7.27. The van der Waals surface area contributed by atoms with Gasteiger partial charge in [0.05, 0.1) is 18.1 Å². The van der Waals surface area contributed by atoms with Crippen LogP contribution in [0.5, 0.6) is 11.5 Å². The van der Waals surface area contributed by atoms with Gasteiger partial charge in [0.2, 0.25) is 0 Å². The molecule has 2 unspecified atom stereocenters. The highest BCUT2D eigenvalue weighted by Crippen LogP contribution is 2.44. The third-order valence-corrected chi connectivity index (χ3v) is 4.22. The molecule has 2 atom stereocenters. The molecule has 0 aliphatic carbocycles. The minimum absolute atomic E-state index is 0.0956. The van der Waals surface area contributed by atoms with Gasteiger partial charge in [-0.3, -0.25) is 0 Å². The van der Waals surface area contributed by atoms with Crippen LogP contribution < -0.4 is 9.47 Å². The number of alkyl halides is 1. The Kier molecular flexibility index (Phi) is 4.07. The number of hydrogen-bond acceptors (Lipinski definition) is 2. The third kappa shape index (κ3) is 3.01. The fraction of sp³-hybridized carbons (Fsp3) is 0.333. The average Bonchev–Trinajstić information content (AvgIpc) is 2.90. The van der Waals surface area contributed by atoms with Crippen molar-refractivity contribution >= 4 is 11.6 Å². The first-order chi connectivity index (χ1) is 10.1. The highest BCUT2D eigenvalue weighted by Gasteiger charge is 2.30. The number of benzene rings is 2. The molecule has 0 aromatic heterocycles. The summed E-state index contributed by atoms with van der Waals surface area (Å²) in [5.41, 5.74) is 2.29. The lowest BCUT2D eigenvalue weighted by molar-refractivity contribution is 0.242. The summed E-state index contributed by atoms with van der Waals surface area (Å²) in [6.07, 6.45) is 0.178. The molecular formula is C18H19ClO2. The van der Waals surface area contributed by atoms with Gasteiger partial charge < -0.3 is 9.47 Å². The van der Waals surface area contributed by atoms with E-state index in [1.165, 1.54) is 5.56 Å². The number of ether oxygens (including phenoxy) is 2. The molecule has 2 aromatic carbocycles. The van der Waals surface area contributed by atoms with Crippen molar-refractivity contribution in [1.29, 1.82) is 0 Å². The molecule has 1 aliphatic rings. The Bertz CT molecular complexity index is 607. The van der Waals surface area contributed by atoms with Gasteiger partial charge in [0, 0.05) is 11.5 Å². The summed E-state index contributed by atoms with van der Waals surface area (Å²) in [4.78, 5) is 0. The van der Waals surface area contributed by atoms with E-state index in [9.17, 15) is 0 Å². The molecule has 0 fully saturated rings. The van der Waals surface area contributed by atoms with E-state index in [0.29, 0.717) is 6.61 Å². The molecule has 0 spiro atoms. The molecule has 0 radical (unpaired) electrons. The molecule has 0 saturated carbocycles. The van der Waals surface area contributed by atoms with Gasteiger partial charge in [-0.1, -0.05) is 30.3 Å². The lowest BCUT2D eigenvalue weighted by Gasteiger charge is -2.17. The number of hydrogen-bond donors (Lipinski definition) is 0. The van der Waals surface area contributed by atoms with Gasteiger partial charge in [-0.2, -0.15) is 0 Å². The van der Waals surface area contributed by atoms with Crippen molar-refractivity contribution in [2.75, 3.05) is 6.61 Å². The van der Waals surface area contributed by atoms with E-state index in [-0.39, 0.29) is 17.4 Å². The van der Waals surface area contributed by atoms with Crippen molar-refractivity contribution in [3.63, 3.8) is 0 Å². The van der Waals surface area contributed by atoms with Crippen molar-refractivity contribution in [3.05, 3.63) is 59.7 Å². The number of fused-ring (bicyclic) bond motifs is 1. The molecule has 3 heteroatoms. The molecule has 1 aliphatic heterocycles. The molecule has 0 N–H and O–H groups in total. The standard InChI is InChI=1S/C18H19ClO2/c1-12(2)21-14-9-7-13(8-10-14)18(19)16-11-20-17-6-4-3-5-15(16)17/h3-10,12,16,18H,11H2,1-2H3. The molecule has 110 valence electrons. The highest BCUT2D eigenvalue weighted by atomic mass is 35.5. The lowest BCUT2D eigenvalue weighted by atomic mass is 9.93. The van der Waals surface area contributed by atoms with Crippen molar-refractivity contribution < 1.29 is 9.47 Å². The maximum absolute atomic E-state index is 6.68. The summed E-state index contributed by atoms with van der Waals surface area (Å²) < 4.78 is 11.4. The van der Waals surface area contributed by atoms with Crippen LogP contribution in [0.3, 0.4) is 0 Å². The van der Waals surface area contributed by atoms with Gasteiger partial charge in [-0.15, -0.1) is 11.6 Å². The summed E-state index contributed by atoms with van der Waals surface area (Å²) in [6, 6.07) is 16.1. The summed E-state index contributed by atoms with van der Waals surface area (Å²) in [5, 5.41) is -0.0956. The van der Waals surface area contributed by atoms with Gasteiger partial charge in [-0.05, 0) is 37.6 Å². The average molecular weight is 303 g/mol. The zero-order valence-corrected chi connectivity index (χ0v) is 13.0. The van der Waals surface area contributed by atoms with E-state index in [1.54, 1.807) is 0 Å². The van der Waals surface area contributed by atoms with Crippen molar-refractivity contribution in [2.45, 2.75) is 31.2 Å². The quantitative estimate of drug-likeness (QED) is 0.746. The van der Waals surface area contributed by atoms with Gasteiger partial charge in [0.25, 0.3) is 0 Å². The Morgan fingerprint density at radius 3 is 2.52 bits per heavy atom. The van der Waals surface area contributed by atoms with Crippen LogP contribution in [0.1, 0.15) is 36.3 Å². The van der Waals surface area contributed by atoms with E-state index in [4.69, 9.17) is 21.1 Å². The van der Waals surface area contributed by atoms with Crippen molar-refractivity contribution in [3.8, 4) is 11.5 Å². The lowest BCUT2D eigenvalue weighted by Crippen LogP contribution is -2.08. The summed E-state index contributed by atoms with van der Waals surface area (Å²) in [6.45, 7) is 4.67. The first-order valence-corrected chi connectivity index (χ1v) is 7.71. The predicted octanol–water partition coefficient (Wildman–Crippen LogP) is 4.93. The topological polar surface area (TPSA) is 18.5 Å². The van der Waals surface area contributed by atoms with Crippen molar-refractivity contribution in [1.82, 2.24) is 0 Å². The van der Waals surface area contributed by atoms with Crippen LogP contribution in [0.2, 0.25) is 0 Å². The maximum Gasteiger partial charge on any atom is 0.122 e. The monoisotopic (exact) mass is 302 g/mol. The Morgan fingerprint density at radius 1 is 1.10 bits per heavy atom. The van der Waals surface area contributed by atoms with E-state index in [0.717, 1.165) is 17.1 Å². The van der Waals surface area contributed by atoms with Crippen LogP contribution >= 0.6 is 11.6 Å². The number of para-hydroxylation sites is 1. The van der Waals surface area contributed by atoms with Crippen LogP contribution in [0.4, 0.5) is 0 Å². The molecule has 3 rings (SSSR count). The SMILES string of the molecule is CC(C)Oc1ccc(C(Cl)C2COc3ccccc32)cc1. The van der Waals surface area contributed by atoms with E-state index < -0.39 is 0 Å². The zero-order valence-electron chi connectivity index (χ0n) is 12.3. The van der Waals surface area contributed by atoms with Crippen LogP contribution in [0, 0.1) is 0 Å². The van der Waals surface area contributed by atoms with Crippen LogP contribution in [0.15, 0.2) is 48.5 Å². The van der Waals surface area contributed by atoms with Crippen LogP contribution in [0.25, 0.3) is 0 Å². The largest absolute Gasteiger partial charge is 0.493 e. The second kappa shape index (κ2) is 5.98. The molecule has 0 bridgehead atoms. The minimum Gasteiger partial charge on any atom is -0.493 e. The summed E-state index contributed by atoms with van der Waals surface area (Å²) >= 11 is 6.68. The fourth-order valence-corrected chi connectivity index (χ4v) is 3.02. The molecular weight excluding hydrogens is 284 g/mol. The first kappa shape index (κ1) is 14.3. The third-order valence-electron chi connectivity index (χ3n) is 3.66. The van der Waals surface area contributed by atoms with Gasteiger partial charge in [-0.25, -0.2) is 0 Å². The maximum atomic E-state index is 6.68. The second-order valence-electron chi connectivity index (χ2n) is 5.59. The van der Waals surface area contributed by atoms with Crippen LogP contribution in [-0.4, -0.2) is 12.7 Å². The van der Waals surface area contributed by atoms with Gasteiger partial charge in [0.15, 0.2) is 0 Å². The van der Waals surface area contributed by atoms with E-state index in [2.05, 4.69) is 6.07 Å². The van der Waals surface area contributed by atoms with Gasteiger partial charge >= 0.3 is 0 Å². The molecule has 1 heterocycles. The Balaban J connectivity index is 1.78. The molecule has 2 aromatic rings. The molecule has 0 saturated heterocycles. The molecule has 21 heavy (non-hydrogen) atoms.